The minimum absolute atomic E-state index is 0.0252. The van der Waals surface area contributed by atoms with Gasteiger partial charge in [0.25, 0.3) is 0 Å². The van der Waals surface area contributed by atoms with Crippen molar-refractivity contribution in [3.8, 4) is 0 Å². The summed E-state index contributed by atoms with van der Waals surface area (Å²) < 4.78 is 5.49. The van der Waals surface area contributed by atoms with E-state index in [4.69, 9.17) is 4.42 Å². The van der Waals surface area contributed by atoms with Crippen LogP contribution in [0.15, 0.2) is 45.6 Å². The fourth-order valence-corrected chi connectivity index (χ4v) is 2.66. The summed E-state index contributed by atoms with van der Waals surface area (Å²) in [5, 5.41) is 0. The van der Waals surface area contributed by atoms with Gasteiger partial charge >= 0.3 is 0 Å². The molecule has 3 nitrogen and oxygen atoms in total. The molecule has 108 valence electrons. The van der Waals surface area contributed by atoms with Gasteiger partial charge < -0.3 is 9.32 Å². The van der Waals surface area contributed by atoms with Crippen LogP contribution in [0.5, 0.6) is 0 Å². The van der Waals surface area contributed by atoms with Gasteiger partial charge in [-0.3, -0.25) is 4.79 Å². The molecule has 2 aromatic rings. The lowest BCUT2D eigenvalue weighted by Gasteiger charge is -2.17. The fraction of sp³-hybridized carbons (Fsp3) is 0.278. The van der Waals surface area contributed by atoms with Gasteiger partial charge in [-0.1, -0.05) is 18.2 Å². The second kappa shape index (κ2) is 6.00. The van der Waals surface area contributed by atoms with E-state index < -0.39 is 0 Å². The molecule has 3 rings (SSSR count). The smallest absolute Gasteiger partial charge is 0.185 e. The Bertz CT molecular complexity index is 692. The lowest BCUT2D eigenvalue weighted by molar-refractivity contribution is 0.505. The largest absolute Gasteiger partial charge is 0.462 e. The minimum Gasteiger partial charge on any atom is -0.462 e. The molecule has 2 heterocycles. The van der Waals surface area contributed by atoms with Crippen molar-refractivity contribution in [3.63, 3.8) is 0 Å². The Morgan fingerprint density at radius 1 is 1.05 bits per heavy atom. The van der Waals surface area contributed by atoms with Crippen molar-refractivity contribution in [1.82, 2.24) is 0 Å². The van der Waals surface area contributed by atoms with Gasteiger partial charge in [0.05, 0.1) is 0 Å². The maximum absolute atomic E-state index is 11.4. The minimum atomic E-state index is -0.0252. The van der Waals surface area contributed by atoms with Gasteiger partial charge in [-0.25, -0.2) is 0 Å². The molecule has 0 saturated carbocycles. The highest BCUT2D eigenvalue weighted by molar-refractivity contribution is 5.68. The van der Waals surface area contributed by atoms with Crippen molar-refractivity contribution < 1.29 is 4.42 Å². The standard InChI is InChI=1S/C18H19NO2/c1-14-12-17(20)13-18(21-14)9-6-15-4-7-16(8-5-15)19-10-2-3-11-19/h4-9,12-13H,2-3,10-11H2,1H3. The van der Waals surface area contributed by atoms with Crippen LogP contribution in [-0.2, 0) is 0 Å². The second-order valence-corrected chi connectivity index (χ2v) is 5.43. The average Bonchev–Trinajstić information content (AvgIpc) is 2.99. The van der Waals surface area contributed by atoms with Crippen molar-refractivity contribution >= 4 is 17.8 Å². The summed E-state index contributed by atoms with van der Waals surface area (Å²) >= 11 is 0. The molecule has 1 aromatic carbocycles. The molecular formula is C18H19NO2. The number of hydrogen-bond donors (Lipinski definition) is 0. The molecule has 1 aliphatic heterocycles. The third-order valence-corrected chi connectivity index (χ3v) is 3.71. The van der Waals surface area contributed by atoms with Crippen LogP contribution >= 0.6 is 0 Å². The first-order valence-electron chi connectivity index (χ1n) is 7.36. The molecule has 3 heteroatoms. The molecule has 21 heavy (non-hydrogen) atoms. The quantitative estimate of drug-likeness (QED) is 0.859. The zero-order valence-electron chi connectivity index (χ0n) is 12.2. The van der Waals surface area contributed by atoms with Crippen LogP contribution in [-0.4, -0.2) is 13.1 Å². The van der Waals surface area contributed by atoms with Crippen LogP contribution in [0.4, 0.5) is 5.69 Å². The van der Waals surface area contributed by atoms with E-state index in [0.29, 0.717) is 11.5 Å². The van der Waals surface area contributed by atoms with Crippen LogP contribution in [0.3, 0.4) is 0 Å². The number of aryl methyl sites for hydroxylation is 1. The van der Waals surface area contributed by atoms with Crippen molar-refractivity contribution in [2.75, 3.05) is 18.0 Å². The number of nitrogens with zero attached hydrogens (tertiary/aromatic N) is 1. The van der Waals surface area contributed by atoms with E-state index in [9.17, 15) is 4.79 Å². The molecular weight excluding hydrogens is 262 g/mol. The highest BCUT2D eigenvalue weighted by atomic mass is 16.3. The number of rotatable bonds is 3. The summed E-state index contributed by atoms with van der Waals surface area (Å²) in [4.78, 5) is 13.8. The first-order valence-corrected chi connectivity index (χ1v) is 7.36. The number of benzene rings is 1. The zero-order valence-corrected chi connectivity index (χ0v) is 12.2. The summed E-state index contributed by atoms with van der Waals surface area (Å²) in [7, 11) is 0. The molecule has 1 aliphatic rings. The SMILES string of the molecule is Cc1cc(=O)cc(C=Cc2ccc(N3CCCC3)cc2)o1. The predicted molar refractivity (Wildman–Crippen MR) is 86.5 cm³/mol. The first kappa shape index (κ1) is 13.7. The maximum atomic E-state index is 11.4. The zero-order chi connectivity index (χ0) is 14.7. The van der Waals surface area contributed by atoms with E-state index in [0.717, 1.165) is 18.7 Å². The lowest BCUT2D eigenvalue weighted by Crippen LogP contribution is -2.17. The molecule has 0 N–H and O–H groups in total. The molecule has 1 fully saturated rings. The van der Waals surface area contributed by atoms with Crippen LogP contribution in [0, 0.1) is 6.92 Å². The lowest BCUT2D eigenvalue weighted by atomic mass is 10.1. The summed E-state index contributed by atoms with van der Waals surface area (Å²) in [5.41, 5.74) is 2.36. The molecule has 0 amide bonds. The van der Waals surface area contributed by atoms with Crippen LogP contribution in [0.25, 0.3) is 12.2 Å². The van der Waals surface area contributed by atoms with Gasteiger partial charge in [-0.2, -0.15) is 0 Å². The van der Waals surface area contributed by atoms with Crippen LogP contribution in [0.1, 0.15) is 29.9 Å². The van der Waals surface area contributed by atoms with Gasteiger partial charge in [-0.05, 0) is 43.5 Å². The Morgan fingerprint density at radius 2 is 1.76 bits per heavy atom. The van der Waals surface area contributed by atoms with Crippen molar-refractivity contribution in [2.45, 2.75) is 19.8 Å². The Balaban J connectivity index is 1.75. The summed E-state index contributed by atoms with van der Waals surface area (Å²) in [6.07, 6.45) is 6.37. The van der Waals surface area contributed by atoms with Gasteiger partial charge in [0.15, 0.2) is 5.43 Å². The normalized spacial score (nSPS) is 15.0. The summed E-state index contributed by atoms with van der Waals surface area (Å²) in [5.74, 6) is 1.22. The Morgan fingerprint density at radius 3 is 2.43 bits per heavy atom. The van der Waals surface area contributed by atoms with E-state index in [1.54, 1.807) is 6.92 Å². The number of anilines is 1. The first-order chi connectivity index (χ1) is 10.2. The fourth-order valence-electron chi connectivity index (χ4n) is 2.66. The van der Waals surface area contributed by atoms with E-state index in [1.165, 1.54) is 30.7 Å². The highest BCUT2D eigenvalue weighted by Crippen LogP contribution is 2.21. The molecule has 0 atom stereocenters. The molecule has 0 spiro atoms. The molecule has 1 aromatic heterocycles. The van der Waals surface area contributed by atoms with E-state index in [-0.39, 0.29) is 5.43 Å². The number of hydrogen-bond acceptors (Lipinski definition) is 3. The van der Waals surface area contributed by atoms with Gasteiger partial charge in [-0.15, -0.1) is 0 Å². The second-order valence-electron chi connectivity index (χ2n) is 5.43. The van der Waals surface area contributed by atoms with E-state index >= 15 is 0 Å². The van der Waals surface area contributed by atoms with Gasteiger partial charge in [0.1, 0.15) is 11.5 Å². The average molecular weight is 281 g/mol. The van der Waals surface area contributed by atoms with Crippen LogP contribution in [0.2, 0.25) is 0 Å². The third kappa shape index (κ3) is 3.43. The molecule has 0 unspecified atom stereocenters. The molecule has 0 bridgehead atoms. The molecule has 0 aliphatic carbocycles. The van der Waals surface area contributed by atoms with E-state index in [1.807, 2.05) is 12.2 Å². The Kier molecular flexibility index (Phi) is 3.91. The topological polar surface area (TPSA) is 33.5 Å². The molecule has 0 radical (unpaired) electrons. The molecule has 1 saturated heterocycles. The Labute approximate surface area is 124 Å². The summed E-state index contributed by atoms with van der Waals surface area (Å²) in [6.45, 7) is 4.09. The predicted octanol–water partition coefficient (Wildman–Crippen LogP) is 3.72. The maximum Gasteiger partial charge on any atom is 0.185 e. The third-order valence-electron chi connectivity index (χ3n) is 3.71. The summed E-state index contributed by atoms with van der Waals surface area (Å²) in [6, 6.07) is 11.5. The van der Waals surface area contributed by atoms with Gasteiger partial charge in [0, 0.05) is 30.9 Å². The highest BCUT2D eigenvalue weighted by Gasteiger charge is 2.11. The Hall–Kier alpha value is -2.29. The van der Waals surface area contributed by atoms with Crippen molar-refractivity contribution in [3.05, 3.63) is 63.7 Å². The van der Waals surface area contributed by atoms with Crippen LogP contribution < -0.4 is 10.3 Å². The van der Waals surface area contributed by atoms with E-state index in [2.05, 4.69) is 29.2 Å². The monoisotopic (exact) mass is 281 g/mol. The van der Waals surface area contributed by atoms with Gasteiger partial charge in [0.2, 0.25) is 0 Å². The van der Waals surface area contributed by atoms with Crippen molar-refractivity contribution in [2.24, 2.45) is 0 Å². The van der Waals surface area contributed by atoms with Crippen molar-refractivity contribution in [1.29, 1.82) is 0 Å².